The number of amides is 3. The number of hydrogen-bond donors (Lipinski definition) is 2. The third-order valence-electron chi connectivity index (χ3n) is 5.35. The zero-order chi connectivity index (χ0) is 22.7. The van der Waals surface area contributed by atoms with E-state index >= 15 is 0 Å². The molecule has 2 aromatic carbocycles. The molecular weight excluding hydrogens is 414 g/mol. The summed E-state index contributed by atoms with van der Waals surface area (Å²) in [5.74, 6) is 0.522. The minimum atomic E-state index is -0.760. The van der Waals surface area contributed by atoms with E-state index in [1.54, 1.807) is 54.3 Å². The van der Waals surface area contributed by atoms with Gasteiger partial charge in [0.1, 0.15) is 11.8 Å². The number of nitrogens with one attached hydrogen (secondary N) is 2. The van der Waals surface area contributed by atoms with Gasteiger partial charge in [-0.05, 0) is 50.2 Å². The Labute approximate surface area is 185 Å². The van der Waals surface area contributed by atoms with E-state index in [1.807, 2.05) is 6.92 Å². The molecule has 0 spiro atoms. The smallest absolute Gasteiger partial charge is 0.246 e. The molecule has 0 radical (unpaired) electrons. The summed E-state index contributed by atoms with van der Waals surface area (Å²) in [7, 11) is 0. The van der Waals surface area contributed by atoms with Crippen LogP contribution in [-0.2, 0) is 14.4 Å². The van der Waals surface area contributed by atoms with Crippen LogP contribution in [-0.4, -0.2) is 43.7 Å². The van der Waals surface area contributed by atoms with Crippen molar-refractivity contribution in [2.24, 2.45) is 5.92 Å². The van der Waals surface area contributed by atoms with Crippen molar-refractivity contribution in [2.45, 2.75) is 26.3 Å². The van der Waals surface area contributed by atoms with Crippen LogP contribution in [0, 0.1) is 5.92 Å². The van der Waals surface area contributed by atoms with E-state index in [1.165, 1.54) is 0 Å². The molecule has 0 bridgehead atoms. The number of hydrogen-bond acceptors (Lipinski definition) is 6. The maximum absolute atomic E-state index is 12.7. The zero-order valence-corrected chi connectivity index (χ0v) is 17.9. The molecule has 2 aliphatic heterocycles. The Balaban J connectivity index is 1.32. The average Bonchev–Trinajstić information content (AvgIpc) is 3.41. The third kappa shape index (κ3) is 4.61. The second kappa shape index (κ2) is 9.17. The molecule has 2 N–H and O–H groups in total. The van der Waals surface area contributed by atoms with Crippen molar-refractivity contribution in [1.29, 1.82) is 0 Å². The Hall–Kier alpha value is -3.75. The lowest BCUT2D eigenvalue weighted by Crippen LogP contribution is -2.44. The number of fused-ring (bicyclic) bond motifs is 1. The van der Waals surface area contributed by atoms with Crippen molar-refractivity contribution in [2.75, 3.05) is 30.2 Å². The van der Waals surface area contributed by atoms with Crippen LogP contribution in [0.25, 0.3) is 0 Å². The van der Waals surface area contributed by atoms with E-state index in [0.29, 0.717) is 35.2 Å². The summed E-state index contributed by atoms with van der Waals surface area (Å²) in [6, 6.07) is 11.5. The largest absolute Gasteiger partial charge is 0.494 e. The van der Waals surface area contributed by atoms with E-state index in [9.17, 15) is 14.4 Å². The van der Waals surface area contributed by atoms with E-state index in [2.05, 4.69) is 10.6 Å². The van der Waals surface area contributed by atoms with Crippen molar-refractivity contribution in [3.8, 4) is 17.2 Å². The number of benzene rings is 2. The van der Waals surface area contributed by atoms with E-state index in [4.69, 9.17) is 14.2 Å². The lowest BCUT2D eigenvalue weighted by Gasteiger charge is -2.19. The van der Waals surface area contributed by atoms with Gasteiger partial charge in [0.15, 0.2) is 11.5 Å². The molecule has 9 heteroatoms. The normalized spacial score (nSPS) is 17.8. The maximum atomic E-state index is 12.7. The first-order valence-electron chi connectivity index (χ1n) is 10.5. The SMILES string of the molecule is CCOc1ccc(NC(=O)C(C)NC(=O)C2CC(=O)N(c3ccc4c(c3)OCO4)C2)cc1. The van der Waals surface area contributed by atoms with Crippen molar-refractivity contribution in [3.05, 3.63) is 42.5 Å². The molecule has 9 nitrogen and oxygen atoms in total. The molecule has 168 valence electrons. The lowest BCUT2D eigenvalue weighted by atomic mass is 10.1. The summed E-state index contributed by atoms with van der Waals surface area (Å²) in [6.07, 6.45) is 0.0769. The van der Waals surface area contributed by atoms with Crippen LogP contribution >= 0.6 is 0 Å². The number of carbonyl (C=O) groups excluding carboxylic acids is 3. The summed E-state index contributed by atoms with van der Waals surface area (Å²) in [6.45, 7) is 4.44. The van der Waals surface area contributed by atoms with Gasteiger partial charge in [0.2, 0.25) is 24.5 Å². The van der Waals surface area contributed by atoms with Crippen LogP contribution < -0.4 is 29.7 Å². The number of carbonyl (C=O) groups is 3. The first-order valence-corrected chi connectivity index (χ1v) is 10.5. The minimum Gasteiger partial charge on any atom is -0.494 e. The van der Waals surface area contributed by atoms with Crippen molar-refractivity contribution >= 4 is 29.1 Å². The van der Waals surface area contributed by atoms with Crippen LogP contribution in [0.3, 0.4) is 0 Å². The molecule has 2 heterocycles. The topological polar surface area (TPSA) is 106 Å². The number of nitrogens with zero attached hydrogens (tertiary/aromatic N) is 1. The molecule has 3 amide bonds. The maximum Gasteiger partial charge on any atom is 0.246 e. The molecule has 0 saturated carbocycles. The standard InChI is InChI=1S/C23H25N3O6/c1-3-30-18-7-4-16(5-8-18)25-22(28)14(2)24-23(29)15-10-21(27)26(12-15)17-6-9-19-20(11-17)32-13-31-19/h4-9,11,14-15H,3,10,12-13H2,1-2H3,(H,24,29)(H,25,28). The quantitative estimate of drug-likeness (QED) is 0.686. The van der Waals surface area contributed by atoms with Crippen molar-refractivity contribution in [3.63, 3.8) is 0 Å². The van der Waals surface area contributed by atoms with Crippen LogP contribution in [0.15, 0.2) is 42.5 Å². The molecule has 2 unspecified atom stereocenters. The van der Waals surface area contributed by atoms with Crippen LogP contribution in [0.4, 0.5) is 11.4 Å². The predicted octanol–water partition coefficient (Wildman–Crippen LogP) is 2.31. The summed E-state index contributed by atoms with van der Waals surface area (Å²) in [4.78, 5) is 39.2. The molecular formula is C23H25N3O6. The van der Waals surface area contributed by atoms with E-state index in [0.717, 1.165) is 0 Å². The molecule has 32 heavy (non-hydrogen) atoms. The van der Waals surface area contributed by atoms with Gasteiger partial charge in [0.05, 0.1) is 12.5 Å². The lowest BCUT2D eigenvalue weighted by molar-refractivity contribution is -0.129. The highest BCUT2D eigenvalue weighted by molar-refractivity contribution is 6.02. The Bertz CT molecular complexity index is 1020. The van der Waals surface area contributed by atoms with E-state index in [-0.39, 0.29) is 37.5 Å². The number of rotatable bonds is 7. The van der Waals surface area contributed by atoms with Crippen LogP contribution in [0.5, 0.6) is 17.2 Å². The second-order valence-corrected chi connectivity index (χ2v) is 7.62. The predicted molar refractivity (Wildman–Crippen MR) is 117 cm³/mol. The summed E-state index contributed by atoms with van der Waals surface area (Å²) in [5, 5.41) is 5.47. The highest BCUT2D eigenvalue weighted by Crippen LogP contribution is 2.37. The van der Waals surface area contributed by atoms with Gasteiger partial charge in [0.25, 0.3) is 0 Å². The fourth-order valence-corrected chi connectivity index (χ4v) is 3.63. The monoisotopic (exact) mass is 439 g/mol. The zero-order valence-electron chi connectivity index (χ0n) is 17.9. The molecule has 0 aromatic heterocycles. The van der Waals surface area contributed by atoms with Crippen molar-refractivity contribution < 1.29 is 28.6 Å². The highest BCUT2D eigenvalue weighted by Gasteiger charge is 2.36. The van der Waals surface area contributed by atoms with Gasteiger partial charge in [-0.1, -0.05) is 0 Å². The van der Waals surface area contributed by atoms with Crippen molar-refractivity contribution in [1.82, 2.24) is 5.32 Å². The van der Waals surface area contributed by atoms with Crippen LogP contribution in [0.2, 0.25) is 0 Å². The van der Waals surface area contributed by atoms with Crippen LogP contribution in [0.1, 0.15) is 20.3 Å². The Morgan fingerprint density at radius 1 is 1.16 bits per heavy atom. The minimum absolute atomic E-state index is 0.0769. The van der Waals surface area contributed by atoms with Gasteiger partial charge < -0.3 is 29.7 Å². The van der Waals surface area contributed by atoms with Gasteiger partial charge in [-0.15, -0.1) is 0 Å². The van der Waals surface area contributed by atoms with Gasteiger partial charge in [0, 0.05) is 30.4 Å². The fraction of sp³-hybridized carbons (Fsp3) is 0.348. The van der Waals surface area contributed by atoms with Gasteiger partial charge in [-0.3, -0.25) is 14.4 Å². The summed E-state index contributed by atoms with van der Waals surface area (Å²) in [5.41, 5.74) is 1.25. The molecule has 4 rings (SSSR count). The fourth-order valence-electron chi connectivity index (χ4n) is 3.63. The van der Waals surface area contributed by atoms with Gasteiger partial charge >= 0.3 is 0 Å². The first-order chi connectivity index (χ1) is 15.4. The molecule has 1 saturated heterocycles. The third-order valence-corrected chi connectivity index (χ3v) is 5.35. The first kappa shape index (κ1) is 21.5. The molecule has 2 aliphatic rings. The van der Waals surface area contributed by atoms with Gasteiger partial charge in [-0.2, -0.15) is 0 Å². The molecule has 1 fully saturated rings. The molecule has 2 atom stereocenters. The number of ether oxygens (including phenoxy) is 3. The molecule has 2 aromatic rings. The molecule has 0 aliphatic carbocycles. The highest BCUT2D eigenvalue weighted by atomic mass is 16.7. The summed E-state index contributed by atoms with van der Waals surface area (Å²) < 4.78 is 16.0. The number of anilines is 2. The summed E-state index contributed by atoms with van der Waals surface area (Å²) >= 11 is 0. The average molecular weight is 439 g/mol. The Morgan fingerprint density at radius 3 is 2.66 bits per heavy atom. The van der Waals surface area contributed by atoms with E-state index < -0.39 is 12.0 Å². The Kier molecular flexibility index (Phi) is 6.16. The second-order valence-electron chi connectivity index (χ2n) is 7.62. The van der Waals surface area contributed by atoms with Gasteiger partial charge in [-0.25, -0.2) is 0 Å². The Morgan fingerprint density at radius 2 is 1.91 bits per heavy atom.